The van der Waals surface area contributed by atoms with Crippen molar-refractivity contribution in [3.8, 4) is 0 Å². The quantitative estimate of drug-likeness (QED) is 0.760. The molecular weight excluding hydrogens is 210 g/mol. The first-order valence-corrected chi connectivity index (χ1v) is 6.14. The first-order valence-electron chi connectivity index (χ1n) is 5.32. The number of carbonyl (C=O) groups is 1. The first-order chi connectivity index (χ1) is 7.22. The van der Waals surface area contributed by atoms with E-state index in [2.05, 4.69) is 22.4 Å². The molecule has 0 aromatic carbocycles. The maximum absolute atomic E-state index is 11.4. The van der Waals surface area contributed by atoms with Crippen molar-refractivity contribution < 1.29 is 4.79 Å². The van der Waals surface area contributed by atoms with Gasteiger partial charge < -0.3 is 5.32 Å². The van der Waals surface area contributed by atoms with Crippen LogP contribution in [0, 0.1) is 6.92 Å². The van der Waals surface area contributed by atoms with Gasteiger partial charge in [-0.25, -0.2) is 0 Å². The molecule has 1 N–H and O–H groups in total. The maximum Gasteiger partial charge on any atom is 0.226 e. The Balaban J connectivity index is 2.18. The predicted molar refractivity (Wildman–Crippen MR) is 62.0 cm³/mol. The standard InChI is InChI=1S/C10H17N3OS/c1-3-4-5-6-7-9(14)11-10-13-12-8(2)15-10/h3-7H2,1-2H3,(H,11,13,14). The van der Waals surface area contributed by atoms with E-state index in [0.29, 0.717) is 11.6 Å². The third-order valence-corrected chi connectivity index (χ3v) is 2.78. The number of unbranched alkanes of at least 4 members (excludes halogenated alkanes) is 3. The van der Waals surface area contributed by atoms with Crippen LogP contribution in [-0.2, 0) is 4.79 Å². The number of rotatable bonds is 6. The van der Waals surface area contributed by atoms with Crippen molar-refractivity contribution in [3.63, 3.8) is 0 Å². The molecule has 0 saturated heterocycles. The molecule has 1 amide bonds. The average molecular weight is 227 g/mol. The van der Waals surface area contributed by atoms with Crippen LogP contribution < -0.4 is 5.32 Å². The molecule has 1 heterocycles. The highest BCUT2D eigenvalue weighted by Gasteiger charge is 2.05. The molecule has 1 aromatic rings. The average Bonchev–Trinajstić information content (AvgIpc) is 2.59. The second-order valence-electron chi connectivity index (χ2n) is 3.49. The van der Waals surface area contributed by atoms with Crippen LogP contribution in [0.5, 0.6) is 0 Å². The van der Waals surface area contributed by atoms with Crippen molar-refractivity contribution >= 4 is 22.4 Å². The predicted octanol–water partition coefficient (Wildman–Crippen LogP) is 2.76. The van der Waals surface area contributed by atoms with Crippen LogP contribution in [-0.4, -0.2) is 16.1 Å². The summed E-state index contributed by atoms with van der Waals surface area (Å²) in [5, 5.41) is 11.9. The van der Waals surface area contributed by atoms with E-state index in [9.17, 15) is 4.79 Å². The van der Waals surface area contributed by atoms with Crippen molar-refractivity contribution in [1.82, 2.24) is 10.2 Å². The molecule has 0 aliphatic heterocycles. The van der Waals surface area contributed by atoms with Crippen LogP contribution in [0.2, 0.25) is 0 Å². The molecule has 5 heteroatoms. The van der Waals surface area contributed by atoms with Crippen LogP contribution in [0.25, 0.3) is 0 Å². The fourth-order valence-corrected chi connectivity index (χ4v) is 1.85. The minimum Gasteiger partial charge on any atom is -0.301 e. The normalized spacial score (nSPS) is 10.3. The molecule has 0 bridgehead atoms. The monoisotopic (exact) mass is 227 g/mol. The number of anilines is 1. The van der Waals surface area contributed by atoms with Gasteiger partial charge in [0, 0.05) is 6.42 Å². The molecule has 0 fully saturated rings. The molecule has 0 atom stereocenters. The molecule has 0 unspecified atom stereocenters. The Hall–Kier alpha value is -0.970. The number of aromatic nitrogens is 2. The van der Waals surface area contributed by atoms with Gasteiger partial charge in [-0.05, 0) is 13.3 Å². The van der Waals surface area contributed by atoms with Crippen LogP contribution >= 0.6 is 11.3 Å². The zero-order valence-corrected chi connectivity index (χ0v) is 10.1. The Bertz CT molecular complexity index is 311. The number of carbonyl (C=O) groups excluding carboxylic acids is 1. The molecule has 1 aromatic heterocycles. The van der Waals surface area contributed by atoms with E-state index in [1.54, 1.807) is 0 Å². The summed E-state index contributed by atoms with van der Waals surface area (Å²) in [6, 6.07) is 0. The topological polar surface area (TPSA) is 54.9 Å². The molecule has 0 radical (unpaired) electrons. The fourth-order valence-electron chi connectivity index (χ4n) is 1.24. The third kappa shape index (κ3) is 4.88. The minimum atomic E-state index is 0.0438. The first kappa shape index (κ1) is 12.1. The van der Waals surface area contributed by atoms with Gasteiger partial charge in [0.25, 0.3) is 0 Å². The summed E-state index contributed by atoms with van der Waals surface area (Å²) in [4.78, 5) is 11.4. The third-order valence-electron chi connectivity index (χ3n) is 2.03. The van der Waals surface area contributed by atoms with Gasteiger partial charge in [0.05, 0.1) is 0 Å². The smallest absolute Gasteiger partial charge is 0.226 e. The van der Waals surface area contributed by atoms with Crippen molar-refractivity contribution in [3.05, 3.63) is 5.01 Å². The Labute approximate surface area is 94.1 Å². The molecule has 1 rings (SSSR count). The molecule has 4 nitrogen and oxygen atoms in total. The molecule has 0 aliphatic carbocycles. The fraction of sp³-hybridized carbons (Fsp3) is 0.700. The van der Waals surface area contributed by atoms with Gasteiger partial charge in [-0.3, -0.25) is 4.79 Å². The highest BCUT2D eigenvalue weighted by molar-refractivity contribution is 7.15. The molecule has 84 valence electrons. The lowest BCUT2D eigenvalue weighted by molar-refractivity contribution is -0.116. The van der Waals surface area contributed by atoms with Crippen molar-refractivity contribution in [2.75, 3.05) is 5.32 Å². The number of nitrogens with zero attached hydrogens (tertiary/aromatic N) is 2. The molecule has 0 saturated carbocycles. The summed E-state index contributed by atoms with van der Waals surface area (Å²) in [7, 11) is 0. The van der Waals surface area contributed by atoms with Gasteiger partial charge >= 0.3 is 0 Å². The largest absolute Gasteiger partial charge is 0.301 e. The van der Waals surface area contributed by atoms with E-state index in [0.717, 1.165) is 17.8 Å². The van der Waals surface area contributed by atoms with E-state index >= 15 is 0 Å². The molecule has 0 aliphatic rings. The summed E-state index contributed by atoms with van der Waals surface area (Å²) in [5.41, 5.74) is 0. The van der Waals surface area contributed by atoms with Crippen molar-refractivity contribution in [1.29, 1.82) is 0 Å². The number of aryl methyl sites for hydroxylation is 1. The Morgan fingerprint density at radius 2 is 2.13 bits per heavy atom. The number of hydrogen-bond acceptors (Lipinski definition) is 4. The summed E-state index contributed by atoms with van der Waals surface area (Å²) < 4.78 is 0. The molecule has 15 heavy (non-hydrogen) atoms. The van der Waals surface area contributed by atoms with Gasteiger partial charge in [0.15, 0.2) is 0 Å². The highest BCUT2D eigenvalue weighted by atomic mass is 32.1. The highest BCUT2D eigenvalue weighted by Crippen LogP contribution is 2.14. The van der Waals surface area contributed by atoms with Gasteiger partial charge in [-0.2, -0.15) is 0 Å². The van der Waals surface area contributed by atoms with E-state index < -0.39 is 0 Å². The Morgan fingerprint density at radius 1 is 1.33 bits per heavy atom. The summed E-state index contributed by atoms with van der Waals surface area (Å²) in [6.07, 6.45) is 5.05. The van der Waals surface area contributed by atoms with Gasteiger partial charge in [-0.1, -0.05) is 37.5 Å². The summed E-state index contributed by atoms with van der Waals surface area (Å²) >= 11 is 1.41. The van der Waals surface area contributed by atoms with Crippen molar-refractivity contribution in [2.45, 2.75) is 46.0 Å². The number of hydrogen-bond donors (Lipinski definition) is 1. The van der Waals surface area contributed by atoms with Crippen LogP contribution in [0.15, 0.2) is 0 Å². The Morgan fingerprint density at radius 3 is 2.73 bits per heavy atom. The summed E-state index contributed by atoms with van der Waals surface area (Å²) in [6.45, 7) is 4.03. The minimum absolute atomic E-state index is 0.0438. The van der Waals surface area contributed by atoms with Gasteiger partial charge in [0.2, 0.25) is 11.0 Å². The maximum atomic E-state index is 11.4. The van der Waals surface area contributed by atoms with Crippen molar-refractivity contribution in [2.24, 2.45) is 0 Å². The van der Waals surface area contributed by atoms with E-state index in [4.69, 9.17) is 0 Å². The number of nitrogens with one attached hydrogen (secondary N) is 1. The van der Waals surface area contributed by atoms with Gasteiger partial charge in [0.1, 0.15) is 5.01 Å². The summed E-state index contributed by atoms with van der Waals surface area (Å²) in [5.74, 6) is 0.0438. The van der Waals surface area contributed by atoms with E-state index in [1.165, 1.54) is 24.2 Å². The van der Waals surface area contributed by atoms with Crippen LogP contribution in [0.3, 0.4) is 0 Å². The lowest BCUT2D eigenvalue weighted by Crippen LogP contribution is -2.10. The lowest BCUT2D eigenvalue weighted by Gasteiger charge is -2.00. The van der Waals surface area contributed by atoms with Crippen LogP contribution in [0.4, 0.5) is 5.13 Å². The lowest BCUT2D eigenvalue weighted by atomic mass is 10.1. The SMILES string of the molecule is CCCCCCC(=O)Nc1nnc(C)s1. The molecular formula is C10H17N3OS. The number of amides is 1. The van der Waals surface area contributed by atoms with E-state index in [1.807, 2.05) is 6.92 Å². The van der Waals surface area contributed by atoms with E-state index in [-0.39, 0.29) is 5.91 Å². The zero-order chi connectivity index (χ0) is 11.1. The van der Waals surface area contributed by atoms with Crippen LogP contribution in [0.1, 0.15) is 44.0 Å². The Kier molecular flexibility index (Phi) is 5.25. The molecule has 0 spiro atoms. The second-order valence-corrected chi connectivity index (χ2v) is 4.67. The zero-order valence-electron chi connectivity index (χ0n) is 9.25. The van der Waals surface area contributed by atoms with Gasteiger partial charge in [-0.15, -0.1) is 10.2 Å². The second kappa shape index (κ2) is 6.50.